The van der Waals surface area contributed by atoms with E-state index < -0.39 is 5.60 Å². The zero-order valence-electron chi connectivity index (χ0n) is 19.8. The van der Waals surface area contributed by atoms with Crippen molar-refractivity contribution < 1.29 is 10.2 Å². The van der Waals surface area contributed by atoms with E-state index in [9.17, 15) is 10.2 Å². The second-order valence-corrected chi connectivity index (χ2v) is 12.0. The highest BCUT2D eigenvalue weighted by molar-refractivity contribution is 5.88. The van der Waals surface area contributed by atoms with Gasteiger partial charge in [-0.3, -0.25) is 0 Å². The van der Waals surface area contributed by atoms with Gasteiger partial charge in [-0.25, -0.2) is 0 Å². The maximum Gasteiger partial charge on any atom is 0.0704 e. The van der Waals surface area contributed by atoms with Gasteiger partial charge in [0.15, 0.2) is 0 Å². The molecule has 170 valence electrons. The van der Waals surface area contributed by atoms with Crippen molar-refractivity contribution in [3.8, 4) is 0 Å². The highest BCUT2D eigenvalue weighted by Crippen LogP contribution is 2.67. The number of aliphatic hydroxyl groups excluding tert-OH is 1. The van der Waals surface area contributed by atoms with E-state index in [1.54, 1.807) is 0 Å². The summed E-state index contributed by atoms with van der Waals surface area (Å²) in [4.78, 5) is 0. The predicted octanol–water partition coefficient (Wildman–Crippen LogP) is 6.28. The summed E-state index contributed by atoms with van der Waals surface area (Å²) in [5.41, 5.74) is 1.88. The van der Waals surface area contributed by atoms with Crippen LogP contribution in [-0.2, 0) is 0 Å². The SMILES string of the molecule is CCCCCCC(C)(O)C1C(=N)CC2C3CC=C4C[C@@H](O)CC[C@]4(C)C3CC[C@@]21C. The fourth-order valence-corrected chi connectivity index (χ4v) is 8.62. The van der Waals surface area contributed by atoms with Crippen molar-refractivity contribution in [1.82, 2.24) is 0 Å². The molecule has 3 saturated carbocycles. The van der Waals surface area contributed by atoms with Gasteiger partial charge in [-0.1, -0.05) is 58.1 Å². The quantitative estimate of drug-likeness (QED) is 0.353. The van der Waals surface area contributed by atoms with Gasteiger partial charge in [0.25, 0.3) is 0 Å². The Balaban J connectivity index is 1.56. The summed E-state index contributed by atoms with van der Waals surface area (Å²) in [6.07, 6.45) is 15.1. The molecule has 5 unspecified atom stereocenters. The van der Waals surface area contributed by atoms with Crippen LogP contribution in [0.1, 0.15) is 105 Å². The molecule has 8 atom stereocenters. The molecule has 3 N–H and O–H groups in total. The highest BCUT2D eigenvalue weighted by atomic mass is 16.3. The molecule has 0 bridgehead atoms. The standard InChI is InChI=1S/C27H45NO2/c1-5-6-7-8-13-27(4,30)24-23(28)17-22-20-10-9-18-16-19(29)11-14-25(18,2)21(20)12-15-26(22,24)3/h9,19-22,24,28-30H,5-8,10-17H2,1-4H3/t19-,20?,21?,22?,24?,25-,26-,27?/m0/s1. The van der Waals surface area contributed by atoms with E-state index in [0.717, 1.165) is 57.1 Å². The lowest BCUT2D eigenvalue weighted by Crippen LogP contribution is -2.53. The molecule has 3 fully saturated rings. The Kier molecular flexibility index (Phi) is 6.03. The molecule has 0 aromatic carbocycles. The monoisotopic (exact) mass is 415 g/mol. The molecule has 4 rings (SSSR count). The number of rotatable bonds is 6. The van der Waals surface area contributed by atoms with Gasteiger partial charge in [-0.05, 0) is 86.9 Å². The topological polar surface area (TPSA) is 64.3 Å². The Labute approximate surface area is 184 Å². The molecule has 3 heteroatoms. The molecule has 4 aliphatic rings. The maximum absolute atomic E-state index is 11.6. The summed E-state index contributed by atoms with van der Waals surface area (Å²) in [5.74, 6) is 1.86. The molecule has 4 aliphatic carbocycles. The fourth-order valence-electron chi connectivity index (χ4n) is 8.62. The van der Waals surface area contributed by atoms with Crippen LogP contribution in [0.4, 0.5) is 0 Å². The molecular formula is C27H45NO2. The van der Waals surface area contributed by atoms with Gasteiger partial charge in [-0.15, -0.1) is 0 Å². The second-order valence-electron chi connectivity index (χ2n) is 12.0. The Bertz CT molecular complexity index is 697. The third-order valence-electron chi connectivity index (χ3n) is 10.1. The lowest BCUT2D eigenvalue weighted by atomic mass is 9.46. The summed E-state index contributed by atoms with van der Waals surface area (Å²) in [6, 6.07) is 0. The zero-order chi connectivity index (χ0) is 21.7. The van der Waals surface area contributed by atoms with Gasteiger partial charge >= 0.3 is 0 Å². The van der Waals surface area contributed by atoms with E-state index in [-0.39, 0.29) is 22.9 Å². The number of hydrogen-bond donors (Lipinski definition) is 3. The first-order chi connectivity index (χ1) is 14.1. The van der Waals surface area contributed by atoms with E-state index in [0.29, 0.717) is 17.8 Å². The highest BCUT2D eigenvalue weighted by Gasteiger charge is 2.63. The van der Waals surface area contributed by atoms with Crippen LogP contribution in [0.25, 0.3) is 0 Å². The maximum atomic E-state index is 11.6. The molecule has 0 heterocycles. The molecule has 0 spiro atoms. The van der Waals surface area contributed by atoms with Gasteiger partial charge in [0, 0.05) is 11.6 Å². The minimum Gasteiger partial charge on any atom is -0.393 e. The minimum atomic E-state index is -0.754. The number of hydrogen-bond acceptors (Lipinski definition) is 3. The summed E-state index contributed by atoms with van der Waals surface area (Å²) >= 11 is 0. The van der Waals surface area contributed by atoms with Crippen LogP contribution in [0.2, 0.25) is 0 Å². The summed E-state index contributed by atoms with van der Waals surface area (Å²) in [5, 5.41) is 30.7. The molecular weight excluding hydrogens is 370 g/mol. The molecule has 0 radical (unpaired) electrons. The van der Waals surface area contributed by atoms with Gasteiger partial charge in [0.05, 0.1) is 11.7 Å². The van der Waals surface area contributed by atoms with E-state index >= 15 is 0 Å². The average molecular weight is 416 g/mol. The molecule has 0 amide bonds. The van der Waals surface area contributed by atoms with Gasteiger partial charge in [0.2, 0.25) is 0 Å². The van der Waals surface area contributed by atoms with Crippen LogP contribution >= 0.6 is 0 Å². The van der Waals surface area contributed by atoms with Gasteiger partial charge < -0.3 is 15.6 Å². The lowest BCUT2D eigenvalue weighted by Gasteiger charge is -2.58. The normalized spacial score (nSPS) is 45.2. The molecule has 0 aromatic rings. The first kappa shape index (κ1) is 22.5. The van der Waals surface area contributed by atoms with E-state index in [1.165, 1.54) is 31.3 Å². The smallest absolute Gasteiger partial charge is 0.0704 e. The summed E-state index contributed by atoms with van der Waals surface area (Å²) in [7, 11) is 0. The van der Waals surface area contributed by atoms with Crippen molar-refractivity contribution in [3.05, 3.63) is 11.6 Å². The van der Waals surface area contributed by atoms with Crippen LogP contribution in [0.3, 0.4) is 0 Å². The van der Waals surface area contributed by atoms with Gasteiger partial charge in [0.1, 0.15) is 0 Å². The Morgan fingerprint density at radius 2 is 1.87 bits per heavy atom. The number of allylic oxidation sites excluding steroid dienone is 1. The van der Waals surface area contributed by atoms with Crippen molar-refractivity contribution in [2.24, 2.45) is 34.5 Å². The van der Waals surface area contributed by atoms with Crippen molar-refractivity contribution in [1.29, 1.82) is 5.41 Å². The van der Waals surface area contributed by atoms with E-state index in [2.05, 4.69) is 26.8 Å². The second kappa shape index (κ2) is 8.03. The molecule has 30 heavy (non-hydrogen) atoms. The van der Waals surface area contributed by atoms with E-state index in [1.807, 2.05) is 6.92 Å². The number of nitrogens with one attached hydrogen (secondary N) is 1. The third-order valence-corrected chi connectivity index (χ3v) is 10.1. The van der Waals surface area contributed by atoms with Crippen molar-refractivity contribution in [3.63, 3.8) is 0 Å². The number of fused-ring (bicyclic) bond motifs is 5. The average Bonchev–Trinajstić information content (AvgIpc) is 2.96. The van der Waals surface area contributed by atoms with Crippen LogP contribution in [-0.4, -0.2) is 27.6 Å². The summed E-state index contributed by atoms with van der Waals surface area (Å²) in [6.45, 7) is 9.13. The van der Waals surface area contributed by atoms with E-state index in [4.69, 9.17) is 5.41 Å². The van der Waals surface area contributed by atoms with Crippen molar-refractivity contribution in [2.45, 2.75) is 116 Å². The fraction of sp³-hybridized carbons (Fsp3) is 0.889. The first-order valence-corrected chi connectivity index (χ1v) is 12.8. The Hall–Kier alpha value is -0.670. The third kappa shape index (κ3) is 3.52. The van der Waals surface area contributed by atoms with Crippen molar-refractivity contribution >= 4 is 5.71 Å². The number of aliphatic hydroxyl groups is 2. The predicted molar refractivity (Wildman–Crippen MR) is 124 cm³/mol. The first-order valence-electron chi connectivity index (χ1n) is 12.8. The minimum absolute atomic E-state index is 0.0175. The molecule has 0 aliphatic heterocycles. The van der Waals surface area contributed by atoms with Gasteiger partial charge in [-0.2, -0.15) is 0 Å². The van der Waals surface area contributed by atoms with Crippen LogP contribution in [0.15, 0.2) is 11.6 Å². The number of unbranched alkanes of at least 4 members (excludes halogenated alkanes) is 3. The lowest BCUT2D eigenvalue weighted by molar-refractivity contribution is -0.0954. The molecule has 3 nitrogen and oxygen atoms in total. The van der Waals surface area contributed by atoms with Crippen molar-refractivity contribution in [2.75, 3.05) is 0 Å². The largest absolute Gasteiger partial charge is 0.393 e. The van der Waals surface area contributed by atoms with Crippen LogP contribution < -0.4 is 0 Å². The Morgan fingerprint density at radius 3 is 2.60 bits per heavy atom. The molecule has 0 saturated heterocycles. The summed E-state index contributed by atoms with van der Waals surface area (Å²) < 4.78 is 0. The van der Waals surface area contributed by atoms with Crippen LogP contribution in [0.5, 0.6) is 0 Å². The molecule has 0 aromatic heterocycles. The zero-order valence-corrected chi connectivity index (χ0v) is 19.8. The Morgan fingerprint density at radius 1 is 1.10 bits per heavy atom. The van der Waals surface area contributed by atoms with Crippen LogP contribution in [0, 0.1) is 39.9 Å².